The van der Waals surface area contributed by atoms with Gasteiger partial charge in [0.2, 0.25) is 5.88 Å². The average molecular weight is 413 g/mol. The molecule has 1 aliphatic rings. The Morgan fingerprint density at radius 1 is 1.13 bits per heavy atom. The normalized spacial score (nSPS) is 16.2. The summed E-state index contributed by atoms with van der Waals surface area (Å²) in [6, 6.07) is 12.4. The number of aromatic nitrogens is 3. The number of ether oxygens (including phenoxy) is 1. The van der Waals surface area contributed by atoms with Crippen LogP contribution in [0.4, 0.5) is 4.39 Å². The minimum absolute atomic E-state index is 0.0276. The predicted molar refractivity (Wildman–Crippen MR) is 116 cm³/mol. The Morgan fingerprint density at radius 3 is 2.84 bits per heavy atom. The molecule has 0 bridgehead atoms. The van der Waals surface area contributed by atoms with E-state index in [9.17, 15) is 4.39 Å². The predicted octanol–water partition coefficient (Wildman–Crippen LogP) is 4.43. The smallest absolute Gasteiger partial charge is 0.233 e. The molecule has 154 valence electrons. The number of nitriles is 1. The zero-order valence-corrected chi connectivity index (χ0v) is 16.7. The number of H-pyrrole nitrogens is 1. The number of nitrogens with zero attached hydrogens (tertiary/aromatic N) is 3. The number of nitrogens with one attached hydrogen (secondary N) is 2. The molecule has 2 N–H and O–H groups in total. The monoisotopic (exact) mass is 413 g/mol. The molecule has 2 aromatic carbocycles. The van der Waals surface area contributed by atoms with Crippen molar-refractivity contribution in [2.24, 2.45) is 0 Å². The molecule has 2 aromatic heterocycles. The molecule has 1 atom stereocenters. The van der Waals surface area contributed by atoms with Crippen molar-refractivity contribution in [2.45, 2.75) is 18.9 Å². The van der Waals surface area contributed by atoms with E-state index in [1.807, 2.05) is 30.5 Å². The van der Waals surface area contributed by atoms with Crippen LogP contribution < -0.4 is 10.1 Å². The van der Waals surface area contributed by atoms with E-state index in [-0.39, 0.29) is 11.7 Å². The molecular weight excluding hydrogens is 393 g/mol. The van der Waals surface area contributed by atoms with Gasteiger partial charge in [0.1, 0.15) is 18.0 Å². The van der Waals surface area contributed by atoms with Gasteiger partial charge in [-0.1, -0.05) is 12.1 Å². The van der Waals surface area contributed by atoms with Gasteiger partial charge in [0.05, 0.1) is 23.7 Å². The van der Waals surface area contributed by atoms with Gasteiger partial charge in [-0.2, -0.15) is 5.26 Å². The van der Waals surface area contributed by atoms with Crippen molar-refractivity contribution in [3.05, 3.63) is 66.4 Å². The van der Waals surface area contributed by atoms with Crippen molar-refractivity contribution in [3.63, 3.8) is 0 Å². The summed E-state index contributed by atoms with van der Waals surface area (Å²) in [5.74, 6) is -0.0104. The van der Waals surface area contributed by atoms with Gasteiger partial charge in [-0.15, -0.1) is 0 Å². The first-order valence-electron chi connectivity index (χ1n) is 10.2. The zero-order valence-electron chi connectivity index (χ0n) is 16.7. The molecule has 1 aliphatic heterocycles. The number of rotatable bonds is 4. The van der Waals surface area contributed by atoms with Gasteiger partial charge in [0, 0.05) is 29.2 Å². The lowest BCUT2D eigenvalue weighted by Gasteiger charge is -2.23. The summed E-state index contributed by atoms with van der Waals surface area (Å²) in [6.45, 7) is 1.83. The molecule has 0 radical (unpaired) electrons. The molecule has 0 spiro atoms. The Morgan fingerprint density at radius 2 is 2.00 bits per heavy atom. The Balaban J connectivity index is 1.50. The fourth-order valence-electron chi connectivity index (χ4n) is 3.93. The average Bonchev–Trinajstić information content (AvgIpc) is 3.23. The number of hydrogen-bond donors (Lipinski definition) is 2. The van der Waals surface area contributed by atoms with Gasteiger partial charge in [0.15, 0.2) is 0 Å². The fraction of sp³-hybridized carbons (Fsp3) is 0.208. The molecule has 0 amide bonds. The van der Waals surface area contributed by atoms with E-state index in [2.05, 4.69) is 20.3 Å². The number of aromatic amines is 1. The van der Waals surface area contributed by atoms with E-state index in [1.54, 1.807) is 24.5 Å². The van der Waals surface area contributed by atoms with Gasteiger partial charge < -0.3 is 15.0 Å². The first kappa shape index (κ1) is 19.2. The molecule has 3 heterocycles. The minimum atomic E-state index is -0.519. The van der Waals surface area contributed by atoms with E-state index in [0.717, 1.165) is 53.5 Å². The summed E-state index contributed by atoms with van der Waals surface area (Å²) in [5, 5.41) is 13.4. The maximum atomic E-state index is 13.7. The summed E-state index contributed by atoms with van der Waals surface area (Å²) in [7, 11) is 0. The maximum Gasteiger partial charge on any atom is 0.233 e. The number of piperidine rings is 1. The molecule has 1 fully saturated rings. The molecule has 5 rings (SSSR count). The van der Waals surface area contributed by atoms with E-state index in [4.69, 9.17) is 10.00 Å². The Hall–Kier alpha value is -3.76. The van der Waals surface area contributed by atoms with Crippen LogP contribution >= 0.6 is 0 Å². The molecule has 6 nitrogen and oxygen atoms in total. The summed E-state index contributed by atoms with van der Waals surface area (Å²) in [5.41, 5.74) is 4.25. The van der Waals surface area contributed by atoms with Crippen molar-refractivity contribution < 1.29 is 9.13 Å². The molecule has 4 aromatic rings. The molecular formula is C24H20FN5O. The number of benzene rings is 2. The highest BCUT2D eigenvalue weighted by molar-refractivity contribution is 5.97. The van der Waals surface area contributed by atoms with Gasteiger partial charge in [0.25, 0.3) is 0 Å². The molecule has 7 heteroatoms. The van der Waals surface area contributed by atoms with Crippen LogP contribution in [0.5, 0.6) is 5.88 Å². The van der Waals surface area contributed by atoms with E-state index in [1.165, 1.54) is 6.07 Å². The topological polar surface area (TPSA) is 86.6 Å². The Kier molecular flexibility index (Phi) is 5.06. The third kappa shape index (κ3) is 3.86. The highest BCUT2D eigenvalue weighted by atomic mass is 19.1. The van der Waals surface area contributed by atoms with E-state index >= 15 is 0 Å². The second-order valence-corrected chi connectivity index (χ2v) is 7.60. The van der Waals surface area contributed by atoms with E-state index < -0.39 is 5.82 Å². The van der Waals surface area contributed by atoms with Crippen molar-refractivity contribution >= 4 is 10.9 Å². The van der Waals surface area contributed by atoms with Crippen LogP contribution in [0.25, 0.3) is 33.3 Å². The Bertz CT molecular complexity index is 1290. The van der Waals surface area contributed by atoms with Crippen molar-refractivity contribution in [2.75, 3.05) is 13.1 Å². The van der Waals surface area contributed by atoms with Crippen LogP contribution in [0.1, 0.15) is 18.4 Å². The highest BCUT2D eigenvalue weighted by Crippen LogP contribution is 2.32. The van der Waals surface area contributed by atoms with Crippen LogP contribution in [0.2, 0.25) is 0 Å². The van der Waals surface area contributed by atoms with Crippen LogP contribution in [0.15, 0.2) is 55.0 Å². The second-order valence-electron chi connectivity index (χ2n) is 7.60. The van der Waals surface area contributed by atoms with Crippen LogP contribution in [0, 0.1) is 17.1 Å². The fourth-order valence-corrected chi connectivity index (χ4v) is 3.93. The number of fused-ring (bicyclic) bond motifs is 1. The summed E-state index contributed by atoms with van der Waals surface area (Å²) < 4.78 is 19.7. The van der Waals surface area contributed by atoms with Crippen molar-refractivity contribution in [1.82, 2.24) is 20.3 Å². The summed E-state index contributed by atoms with van der Waals surface area (Å²) >= 11 is 0. The number of hydrogen-bond acceptors (Lipinski definition) is 5. The lowest BCUT2D eigenvalue weighted by atomic mass is 10.00. The van der Waals surface area contributed by atoms with Gasteiger partial charge in [-0.05, 0) is 54.8 Å². The lowest BCUT2D eigenvalue weighted by Crippen LogP contribution is -2.37. The SMILES string of the molecule is N#Cc1cc(-c2ccc3[nH]cc(-c4cncc(OC5CCCNC5)n4)c3c2)ccc1F. The van der Waals surface area contributed by atoms with Gasteiger partial charge >= 0.3 is 0 Å². The lowest BCUT2D eigenvalue weighted by molar-refractivity contribution is 0.160. The highest BCUT2D eigenvalue weighted by Gasteiger charge is 2.16. The first-order chi connectivity index (χ1) is 15.2. The second kappa shape index (κ2) is 8.17. The molecule has 1 saturated heterocycles. The van der Waals surface area contributed by atoms with Crippen LogP contribution in [-0.2, 0) is 0 Å². The third-order valence-electron chi connectivity index (χ3n) is 5.53. The molecule has 0 aliphatic carbocycles. The number of halogens is 1. The summed E-state index contributed by atoms with van der Waals surface area (Å²) in [4.78, 5) is 12.3. The first-order valence-corrected chi connectivity index (χ1v) is 10.2. The van der Waals surface area contributed by atoms with Gasteiger partial charge in [-0.3, -0.25) is 4.98 Å². The van der Waals surface area contributed by atoms with Crippen molar-refractivity contribution in [1.29, 1.82) is 5.26 Å². The molecule has 31 heavy (non-hydrogen) atoms. The van der Waals surface area contributed by atoms with Crippen LogP contribution in [0.3, 0.4) is 0 Å². The minimum Gasteiger partial charge on any atom is -0.472 e. The maximum absolute atomic E-state index is 13.7. The van der Waals surface area contributed by atoms with E-state index in [0.29, 0.717) is 11.6 Å². The standard InChI is InChI=1S/C24H20FN5O/c25-21-5-3-15(8-17(21)10-26)16-4-6-22-19(9-16)20(12-29-22)23-13-28-14-24(30-23)31-18-2-1-7-27-11-18/h3-6,8-9,12-14,18,27,29H,1-2,7,11H2. The Labute approximate surface area is 178 Å². The van der Waals surface area contributed by atoms with Gasteiger partial charge in [-0.25, -0.2) is 9.37 Å². The molecule has 1 unspecified atom stereocenters. The third-order valence-corrected chi connectivity index (χ3v) is 5.53. The van der Waals surface area contributed by atoms with Crippen LogP contribution in [-0.4, -0.2) is 34.1 Å². The summed E-state index contributed by atoms with van der Waals surface area (Å²) in [6.07, 6.45) is 7.43. The molecule has 0 saturated carbocycles. The largest absolute Gasteiger partial charge is 0.472 e. The zero-order chi connectivity index (χ0) is 21.2. The quantitative estimate of drug-likeness (QED) is 0.517. The van der Waals surface area contributed by atoms with Crippen molar-refractivity contribution in [3.8, 4) is 34.3 Å².